The maximum Gasteiger partial charge on any atom is 0.0580 e. The van der Waals surface area contributed by atoms with E-state index < -0.39 is 0 Å². The van der Waals surface area contributed by atoms with Crippen LogP contribution in [0.3, 0.4) is 0 Å². The van der Waals surface area contributed by atoms with Gasteiger partial charge in [0.1, 0.15) is 0 Å². The van der Waals surface area contributed by atoms with Crippen LogP contribution >= 0.6 is 0 Å². The summed E-state index contributed by atoms with van der Waals surface area (Å²) in [6.45, 7) is 9.58. The van der Waals surface area contributed by atoms with Crippen LogP contribution in [0.2, 0.25) is 0 Å². The van der Waals surface area contributed by atoms with Gasteiger partial charge in [-0.05, 0) is 31.1 Å². The third-order valence-electron chi connectivity index (χ3n) is 3.27. The molecule has 0 saturated heterocycles. The lowest BCUT2D eigenvalue weighted by molar-refractivity contribution is -0.0470. The second-order valence-electron chi connectivity index (χ2n) is 6.17. The lowest BCUT2D eigenvalue weighted by Gasteiger charge is -2.33. The fraction of sp³-hybridized carbons (Fsp3) is 1.00. The summed E-state index contributed by atoms with van der Waals surface area (Å²) in [5, 5.41) is 9.15. The minimum Gasteiger partial charge on any atom is -0.396 e. The Bertz CT molecular complexity index is 179. The van der Waals surface area contributed by atoms with Gasteiger partial charge in [0.15, 0.2) is 0 Å². The molecule has 0 amide bonds. The van der Waals surface area contributed by atoms with Gasteiger partial charge in [-0.3, -0.25) is 0 Å². The Morgan fingerprint density at radius 3 is 2.13 bits per heavy atom. The molecule has 1 aliphatic rings. The monoisotopic (exact) mass is 214 g/mol. The molecule has 1 rings (SSSR count). The third-order valence-corrected chi connectivity index (χ3v) is 3.27. The average molecular weight is 214 g/mol. The molecule has 1 fully saturated rings. The number of aliphatic hydroxyl groups excluding tert-OH is 1. The van der Waals surface area contributed by atoms with Gasteiger partial charge in [0.2, 0.25) is 0 Å². The van der Waals surface area contributed by atoms with Crippen molar-refractivity contribution in [2.75, 3.05) is 13.2 Å². The predicted octanol–water partition coefficient (Wildman–Crippen LogP) is 2.85. The van der Waals surface area contributed by atoms with E-state index in [2.05, 4.69) is 13.8 Å². The lowest BCUT2D eigenvalue weighted by Crippen LogP contribution is -2.31. The van der Waals surface area contributed by atoms with Gasteiger partial charge in [0.25, 0.3) is 0 Å². The van der Waals surface area contributed by atoms with E-state index in [-0.39, 0.29) is 12.0 Å². The Labute approximate surface area is 94.0 Å². The van der Waals surface area contributed by atoms with Gasteiger partial charge in [-0.25, -0.2) is 0 Å². The largest absolute Gasteiger partial charge is 0.396 e. The number of ether oxygens (including phenoxy) is 1. The highest BCUT2D eigenvalue weighted by Gasteiger charge is 2.26. The van der Waals surface area contributed by atoms with Gasteiger partial charge in [-0.2, -0.15) is 0 Å². The lowest BCUT2D eigenvalue weighted by atomic mass is 9.81. The van der Waals surface area contributed by atoms with E-state index in [9.17, 15) is 0 Å². The molecule has 90 valence electrons. The van der Waals surface area contributed by atoms with Crippen LogP contribution in [-0.4, -0.2) is 24.4 Å². The number of hydrogen-bond donors (Lipinski definition) is 1. The van der Waals surface area contributed by atoms with Gasteiger partial charge >= 0.3 is 0 Å². The van der Waals surface area contributed by atoms with Crippen LogP contribution in [0.15, 0.2) is 0 Å². The summed E-state index contributed by atoms with van der Waals surface area (Å²) in [6.07, 6.45) is 4.12. The molecule has 2 unspecified atom stereocenters. The Morgan fingerprint density at radius 2 is 1.67 bits per heavy atom. The van der Waals surface area contributed by atoms with E-state index in [0.29, 0.717) is 12.7 Å². The summed E-state index contributed by atoms with van der Waals surface area (Å²) in [6, 6.07) is 0. The highest BCUT2D eigenvalue weighted by molar-refractivity contribution is 4.76. The van der Waals surface area contributed by atoms with Crippen LogP contribution in [0.25, 0.3) is 0 Å². The zero-order valence-corrected chi connectivity index (χ0v) is 10.6. The quantitative estimate of drug-likeness (QED) is 0.779. The molecule has 1 N–H and O–H groups in total. The van der Waals surface area contributed by atoms with Gasteiger partial charge in [0, 0.05) is 5.41 Å². The summed E-state index contributed by atoms with van der Waals surface area (Å²) in [7, 11) is 0. The van der Waals surface area contributed by atoms with Crippen LogP contribution in [0.5, 0.6) is 0 Å². The first kappa shape index (κ1) is 13.0. The molecule has 2 heteroatoms. The van der Waals surface area contributed by atoms with Crippen molar-refractivity contribution in [2.24, 2.45) is 17.3 Å². The summed E-state index contributed by atoms with van der Waals surface area (Å²) < 4.78 is 5.92. The van der Waals surface area contributed by atoms with Crippen LogP contribution in [0, 0.1) is 17.3 Å². The van der Waals surface area contributed by atoms with E-state index in [0.717, 1.165) is 11.8 Å². The highest BCUT2D eigenvalue weighted by atomic mass is 16.5. The SMILES string of the molecule is CC1CC(C)CC(OCC(C)(C)CO)C1. The predicted molar refractivity (Wildman–Crippen MR) is 62.8 cm³/mol. The summed E-state index contributed by atoms with van der Waals surface area (Å²) in [4.78, 5) is 0. The molecule has 2 nitrogen and oxygen atoms in total. The zero-order valence-electron chi connectivity index (χ0n) is 10.6. The third kappa shape index (κ3) is 4.52. The molecule has 2 atom stereocenters. The molecule has 0 aromatic heterocycles. The maximum atomic E-state index is 9.15. The minimum absolute atomic E-state index is 0.0933. The Hall–Kier alpha value is -0.0800. The van der Waals surface area contributed by atoms with Crippen molar-refractivity contribution in [1.29, 1.82) is 0 Å². The molecule has 0 bridgehead atoms. The molecule has 1 aliphatic carbocycles. The molecule has 15 heavy (non-hydrogen) atoms. The molecule has 0 aromatic rings. The summed E-state index contributed by atoms with van der Waals surface area (Å²) in [5.41, 5.74) is -0.0933. The molecule has 1 saturated carbocycles. The van der Waals surface area contributed by atoms with E-state index in [4.69, 9.17) is 9.84 Å². The molecular weight excluding hydrogens is 188 g/mol. The van der Waals surface area contributed by atoms with Crippen molar-refractivity contribution in [3.05, 3.63) is 0 Å². The number of aliphatic hydroxyl groups is 1. The first-order valence-electron chi connectivity index (χ1n) is 6.15. The van der Waals surface area contributed by atoms with Crippen molar-refractivity contribution in [2.45, 2.75) is 53.1 Å². The standard InChI is InChI=1S/C13H26O2/c1-10-5-11(2)7-12(6-10)15-9-13(3,4)8-14/h10-12,14H,5-9H2,1-4H3. The van der Waals surface area contributed by atoms with Crippen LogP contribution in [-0.2, 0) is 4.74 Å². The molecule has 0 spiro atoms. The molecule has 0 heterocycles. The van der Waals surface area contributed by atoms with Gasteiger partial charge in [-0.15, -0.1) is 0 Å². The first-order valence-corrected chi connectivity index (χ1v) is 6.15. The van der Waals surface area contributed by atoms with Crippen molar-refractivity contribution < 1.29 is 9.84 Å². The van der Waals surface area contributed by atoms with Crippen LogP contribution in [0.4, 0.5) is 0 Å². The zero-order chi connectivity index (χ0) is 11.5. The average Bonchev–Trinajstić information content (AvgIpc) is 2.14. The van der Waals surface area contributed by atoms with Gasteiger partial charge < -0.3 is 9.84 Å². The van der Waals surface area contributed by atoms with Gasteiger partial charge in [-0.1, -0.05) is 27.7 Å². The number of rotatable bonds is 4. The summed E-state index contributed by atoms with van der Waals surface area (Å²) in [5.74, 6) is 1.58. The van der Waals surface area contributed by atoms with Gasteiger partial charge in [0.05, 0.1) is 19.3 Å². The molecule has 0 aliphatic heterocycles. The topological polar surface area (TPSA) is 29.5 Å². The molecule has 0 radical (unpaired) electrons. The van der Waals surface area contributed by atoms with E-state index in [1.807, 2.05) is 13.8 Å². The Kier molecular flexibility index (Phi) is 4.60. The van der Waals surface area contributed by atoms with Crippen molar-refractivity contribution in [3.63, 3.8) is 0 Å². The highest BCUT2D eigenvalue weighted by Crippen LogP contribution is 2.31. The normalized spacial score (nSPS) is 33.0. The second kappa shape index (κ2) is 5.31. The van der Waals surface area contributed by atoms with Crippen LogP contribution in [0.1, 0.15) is 47.0 Å². The van der Waals surface area contributed by atoms with Crippen LogP contribution < -0.4 is 0 Å². The molecular formula is C13H26O2. The maximum absolute atomic E-state index is 9.15. The summed E-state index contributed by atoms with van der Waals surface area (Å²) >= 11 is 0. The van der Waals surface area contributed by atoms with E-state index in [1.165, 1.54) is 19.3 Å². The van der Waals surface area contributed by atoms with E-state index in [1.54, 1.807) is 0 Å². The Morgan fingerprint density at radius 1 is 1.13 bits per heavy atom. The fourth-order valence-corrected chi connectivity index (χ4v) is 2.40. The first-order chi connectivity index (χ1) is 6.93. The fourth-order valence-electron chi connectivity index (χ4n) is 2.40. The number of hydrogen-bond acceptors (Lipinski definition) is 2. The Balaban J connectivity index is 2.32. The van der Waals surface area contributed by atoms with Crippen molar-refractivity contribution in [1.82, 2.24) is 0 Å². The smallest absolute Gasteiger partial charge is 0.0580 e. The van der Waals surface area contributed by atoms with Crippen molar-refractivity contribution in [3.8, 4) is 0 Å². The van der Waals surface area contributed by atoms with Crippen molar-refractivity contribution >= 4 is 0 Å². The van der Waals surface area contributed by atoms with E-state index >= 15 is 0 Å². The minimum atomic E-state index is -0.0933. The molecule has 0 aromatic carbocycles. The second-order valence-corrected chi connectivity index (χ2v) is 6.17.